The number of aromatic nitrogens is 1. The molecule has 2 aromatic heterocycles. The third-order valence-electron chi connectivity index (χ3n) is 5.63. The van der Waals surface area contributed by atoms with E-state index in [0.29, 0.717) is 11.3 Å². The van der Waals surface area contributed by atoms with Gasteiger partial charge in [-0.25, -0.2) is 10.1 Å². The van der Waals surface area contributed by atoms with Gasteiger partial charge in [0.05, 0.1) is 15.6 Å². The van der Waals surface area contributed by atoms with Gasteiger partial charge in [-0.2, -0.15) is 0 Å². The summed E-state index contributed by atoms with van der Waals surface area (Å²) in [5.41, 5.74) is 3.61. The number of thiophene rings is 1. The van der Waals surface area contributed by atoms with Crippen LogP contribution < -0.4 is 9.89 Å². The van der Waals surface area contributed by atoms with E-state index in [4.69, 9.17) is 0 Å². The zero-order chi connectivity index (χ0) is 20.8. The van der Waals surface area contributed by atoms with Crippen LogP contribution in [-0.4, -0.2) is 26.8 Å². The molecule has 1 aliphatic rings. The van der Waals surface area contributed by atoms with Crippen molar-refractivity contribution in [3.63, 3.8) is 0 Å². The van der Waals surface area contributed by atoms with Gasteiger partial charge in [-0.1, -0.05) is 48.5 Å². The quantitative estimate of drug-likeness (QED) is 0.519. The maximum atomic E-state index is 12.9. The van der Waals surface area contributed by atoms with Crippen LogP contribution in [0.4, 0.5) is 0 Å². The smallest absolute Gasteiger partial charge is 0.209 e. The molecule has 1 N–H and O–H groups in total. The molecule has 0 amide bonds. The van der Waals surface area contributed by atoms with Gasteiger partial charge in [0, 0.05) is 35.1 Å². The minimum Gasteiger partial charge on any atom is -0.347 e. The number of ketones is 1. The fourth-order valence-electron chi connectivity index (χ4n) is 3.96. The molecule has 6 heteroatoms. The van der Waals surface area contributed by atoms with Gasteiger partial charge in [0.15, 0.2) is 0 Å². The van der Waals surface area contributed by atoms with Crippen LogP contribution in [0, 0.1) is 0 Å². The lowest BCUT2D eigenvalue weighted by molar-refractivity contribution is -0.0577. The highest BCUT2D eigenvalue weighted by molar-refractivity contribution is 7.09. The number of nitrogens with zero attached hydrogens (tertiary/aromatic N) is 3. The summed E-state index contributed by atoms with van der Waals surface area (Å²) in [5, 5.41) is 13.6. The Bertz CT molecular complexity index is 1390. The van der Waals surface area contributed by atoms with Crippen molar-refractivity contribution in [3.05, 3.63) is 92.8 Å². The molecule has 30 heavy (non-hydrogen) atoms. The Labute approximate surface area is 177 Å². The SMILES string of the molecule is CC1=c2sc(Cc3cc4ccccc4n3C)cc2=NC(C(=O)c2ccccc2)N1O. The van der Waals surface area contributed by atoms with Gasteiger partial charge in [-0.05, 0) is 30.5 Å². The summed E-state index contributed by atoms with van der Waals surface area (Å²) in [6, 6.07) is 21.6. The molecule has 0 saturated carbocycles. The number of hydrogen-bond acceptors (Lipinski definition) is 5. The second kappa shape index (κ2) is 7.23. The van der Waals surface area contributed by atoms with Crippen LogP contribution in [0.2, 0.25) is 0 Å². The summed E-state index contributed by atoms with van der Waals surface area (Å²) in [5.74, 6) is -0.218. The molecule has 0 aliphatic carbocycles. The molecular formula is C24H21N3O2S. The molecule has 1 atom stereocenters. The molecule has 1 unspecified atom stereocenters. The third kappa shape index (κ3) is 3.05. The van der Waals surface area contributed by atoms with Crippen molar-refractivity contribution in [2.24, 2.45) is 12.0 Å². The topological polar surface area (TPSA) is 57.8 Å². The zero-order valence-electron chi connectivity index (χ0n) is 16.7. The number of hydroxylamine groups is 2. The monoisotopic (exact) mass is 415 g/mol. The van der Waals surface area contributed by atoms with Crippen LogP contribution in [-0.2, 0) is 13.5 Å². The van der Waals surface area contributed by atoms with Crippen LogP contribution in [0.15, 0.2) is 71.7 Å². The summed E-state index contributed by atoms with van der Waals surface area (Å²) in [4.78, 5) is 18.6. The summed E-state index contributed by atoms with van der Waals surface area (Å²) >= 11 is 1.61. The van der Waals surface area contributed by atoms with E-state index in [2.05, 4.69) is 34.8 Å². The minimum absolute atomic E-state index is 0.218. The number of para-hydroxylation sites is 1. The molecule has 0 saturated heterocycles. The van der Waals surface area contributed by atoms with Crippen molar-refractivity contribution in [3.8, 4) is 0 Å². The number of fused-ring (bicyclic) bond motifs is 2. The van der Waals surface area contributed by atoms with Crippen molar-refractivity contribution in [2.45, 2.75) is 19.5 Å². The molecule has 150 valence electrons. The van der Waals surface area contributed by atoms with E-state index in [-0.39, 0.29) is 5.78 Å². The second-order valence-corrected chi connectivity index (χ2v) is 8.66. The van der Waals surface area contributed by atoms with Crippen molar-refractivity contribution in [2.75, 3.05) is 0 Å². The predicted octanol–water partition coefficient (Wildman–Crippen LogP) is 3.49. The first-order valence-corrected chi connectivity index (χ1v) is 10.6. The third-order valence-corrected chi connectivity index (χ3v) is 6.86. The number of carbonyl (C=O) groups excluding carboxylic acids is 1. The lowest BCUT2D eigenvalue weighted by atomic mass is 10.1. The van der Waals surface area contributed by atoms with Gasteiger partial charge in [0.2, 0.25) is 11.9 Å². The lowest BCUT2D eigenvalue weighted by Crippen LogP contribution is -2.45. The Kier molecular flexibility index (Phi) is 4.53. The van der Waals surface area contributed by atoms with E-state index < -0.39 is 6.17 Å². The van der Waals surface area contributed by atoms with Gasteiger partial charge >= 0.3 is 0 Å². The minimum atomic E-state index is -0.958. The second-order valence-electron chi connectivity index (χ2n) is 7.52. The Balaban J connectivity index is 1.53. The summed E-state index contributed by atoms with van der Waals surface area (Å²) in [6.07, 6.45) is -0.186. The first-order chi connectivity index (χ1) is 14.5. The van der Waals surface area contributed by atoms with Crippen molar-refractivity contribution < 1.29 is 10.0 Å². The van der Waals surface area contributed by atoms with E-state index in [0.717, 1.165) is 26.3 Å². The zero-order valence-corrected chi connectivity index (χ0v) is 17.6. The van der Waals surface area contributed by atoms with Gasteiger partial charge < -0.3 is 4.57 Å². The number of rotatable bonds is 4. The Morgan fingerprint density at radius 1 is 1.10 bits per heavy atom. The first kappa shape index (κ1) is 18.8. The van der Waals surface area contributed by atoms with Gasteiger partial charge in [0.25, 0.3) is 0 Å². The standard InChI is InChI=1S/C24H21N3O2S/c1-15-23-20(25-24(27(15)29)22(28)16-8-4-3-5-9-16)14-19(30-23)13-18-12-17-10-6-7-11-21(17)26(18)2/h3-12,14,24,29H,13H2,1-2H3. The van der Waals surface area contributed by atoms with Crippen molar-refractivity contribution >= 4 is 33.7 Å². The number of carbonyl (C=O) groups is 1. The van der Waals surface area contributed by atoms with Gasteiger partial charge in [-0.15, -0.1) is 11.3 Å². The maximum Gasteiger partial charge on any atom is 0.209 e. The molecule has 1 aliphatic heterocycles. The largest absolute Gasteiger partial charge is 0.347 e. The Morgan fingerprint density at radius 2 is 1.83 bits per heavy atom. The van der Waals surface area contributed by atoms with Crippen LogP contribution in [0.1, 0.15) is 27.9 Å². The van der Waals surface area contributed by atoms with Crippen LogP contribution in [0.5, 0.6) is 0 Å². The highest BCUT2D eigenvalue weighted by atomic mass is 32.1. The molecule has 5 rings (SSSR count). The van der Waals surface area contributed by atoms with Crippen molar-refractivity contribution in [1.82, 2.24) is 9.63 Å². The predicted molar refractivity (Wildman–Crippen MR) is 118 cm³/mol. The van der Waals surface area contributed by atoms with Gasteiger partial charge in [0.1, 0.15) is 0 Å². The summed E-state index contributed by atoms with van der Waals surface area (Å²) in [7, 11) is 2.08. The van der Waals surface area contributed by atoms with Crippen LogP contribution in [0.3, 0.4) is 0 Å². The number of hydrogen-bond donors (Lipinski definition) is 1. The Morgan fingerprint density at radius 3 is 2.60 bits per heavy atom. The average molecular weight is 416 g/mol. The fraction of sp³-hybridized carbons (Fsp3) is 0.167. The average Bonchev–Trinajstić information content (AvgIpc) is 3.32. The highest BCUT2D eigenvalue weighted by Crippen LogP contribution is 2.22. The van der Waals surface area contributed by atoms with Crippen molar-refractivity contribution in [1.29, 1.82) is 0 Å². The highest BCUT2D eigenvalue weighted by Gasteiger charge is 2.29. The van der Waals surface area contributed by atoms with E-state index >= 15 is 0 Å². The molecule has 5 nitrogen and oxygen atoms in total. The lowest BCUT2D eigenvalue weighted by Gasteiger charge is -2.25. The van der Waals surface area contributed by atoms with E-state index in [9.17, 15) is 10.0 Å². The molecule has 2 aromatic carbocycles. The molecule has 3 heterocycles. The number of aryl methyl sites for hydroxylation is 1. The maximum absolute atomic E-state index is 12.9. The molecule has 0 fully saturated rings. The number of benzene rings is 2. The van der Waals surface area contributed by atoms with E-state index in [1.807, 2.05) is 43.3 Å². The molecule has 0 bridgehead atoms. The first-order valence-electron chi connectivity index (χ1n) is 9.81. The summed E-state index contributed by atoms with van der Waals surface area (Å²) < 4.78 is 3.12. The molecule has 4 aromatic rings. The van der Waals surface area contributed by atoms with Crippen LogP contribution >= 0.6 is 11.3 Å². The summed E-state index contributed by atoms with van der Waals surface area (Å²) in [6.45, 7) is 1.83. The molecule has 0 radical (unpaired) electrons. The molecule has 0 spiro atoms. The molecular weight excluding hydrogens is 394 g/mol. The number of Topliss-reactive ketones (excluding diaryl/α,β-unsaturated/α-hetero) is 1. The van der Waals surface area contributed by atoms with Gasteiger partial charge in [-0.3, -0.25) is 10.0 Å². The van der Waals surface area contributed by atoms with E-state index in [1.54, 1.807) is 23.5 Å². The fourth-order valence-corrected chi connectivity index (χ4v) is 5.07. The van der Waals surface area contributed by atoms with Crippen LogP contribution in [0.25, 0.3) is 16.6 Å². The van der Waals surface area contributed by atoms with E-state index in [1.165, 1.54) is 16.6 Å². The Hall–Kier alpha value is -3.22. The normalized spacial score (nSPS) is 15.9.